The lowest BCUT2D eigenvalue weighted by Gasteiger charge is -2.33. The van der Waals surface area contributed by atoms with Crippen molar-refractivity contribution in [1.29, 1.82) is 0 Å². The van der Waals surface area contributed by atoms with E-state index in [2.05, 4.69) is 27.7 Å². The van der Waals surface area contributed by atoms with Gasteiger partial charge in [0.15, 0.2) is 0 Å². The highest BCUT2D eigenvalue weighted by molar-refractivity contribution is 4.86. The Hall–Kier alpha value is -0.0800. The molecule has 0 amide bonds. The van der Waals surface area contributed by atoms with Crippen LogP contribution in [0.1, 0.15) is 66.2 Å². The predicted octanol–water partition coefficient (Wildman–Crippen LogP) is 3.30. The summed E-state index contributed by atoms with van der Waals surface area (Å²) in [5.41, 5.74) is 12.1. The average molecular weight is 228 g/mol. The zero-order valence-electron chi connectivity index (χ0n) is 11.8. The molecule has 0 aliphatic rings. The average Bonchev–Trinajstić information content (AvgIpc) is 2.09. The lowest BCUT2D eigenvalue weighted by molar-refractivity contribution is 0.259. The maximum absolute atomic E-state index is 6.55. The van der Waals surface area contributed by atoms with E-state index >= 15 is 0 Å². The van der Waals surface area contributed by atoms with E-state index in [1.807, 2.05) is 0 Å². The summed E-state index contributed by atoms with van der Waals surface area (Å²) >= 11 is 0. The van der Waals surface area contributed by atoms with Crippen molar-refractivity contribution >= 4 is 0 Å². The normalized spacial score (nSPS) is 12.8. The molecule has 0 aromatic rings. The van der Waals surface area contributed by atoms with E-state index < -0.39 is 0 Å². The van der Waals surface area contributed by atoms with Crippen molar-refractivity contribution in [2.75, 3.05) is 6.54 Å². The minimum Gasteiger partial charge on any atom is -0.330 e. The number of hydrogen-bond acceptors (Lipinski definition) is 2. The molecule has 0 atom stereocenters. The fourth-order valence-electron chi connectivity index (χ4n) is 2.71. The summed E-state index contributed by atoms with van der Waals surface area (Å²) in [6.45, 7) is 9.87. The molecule has 0 saturated heterocycles. The Bertz CT molecular complexity index is 154. The first-order chi connectivity index (χ1) is 7.39. The summed E-state index contributed by atoms with van der Waals surface area (Å²) in [6, 6.07) is 0. The van der Waals surface area contributed by atoms with Crippen LogP contribution in [0.4, 0.5) is 0 Å². The molecule has 0 bridgehead atoms. The molecule has 4 N–H and O–H groups in total. The Balaban J connectivity index is 4.08. The Morgan fingerprint density at radius 2 is 1.38 bits per heavy atom. The standard InChI is InChI=1S/C14H32N2/c1-12(2)10-14(16,11-13(3)4)8-6-5-7-9-15/h12-13H,5-11,15-16H2,1-4H3. The summed E-state index contributed by atoms with van der Waals surface area (Å²) in [4.78, 5) is 0. The monoisotopic (exact) mass is 228 g/mol. The summed E-state index contributed by atoms with van der Waals surface area (Å²) in [6.07, 6.45) is 7.04. The molecule has 0 saturated carbocycles. The number of unbranched alkanes of at least 4 members (excludes halogenated alkanes) is 2. The van der Waals surface area contributed by atoms with Crippen LogP contribution >= 0.6 is 0 Å². The van der Waals surface area contributed by atoms with Crippen LogP contribution in [0.2, 0.25) is 0 Å². The van der Waals surface area contributed by atoms with Crippen LogP contribution in [0.3, 0.4) is 0 Å². The minimum absolute atomic E-state index is 0.0525. The smallest absolute Gasteiger partial charge is 0.0159 e. The van der Waals surface area contributed by atoms with Crippen molar-refractivity contribution in [3.05, 3.63) is 0 Å². The second kappa shape index (κ2) is 8.08. The Morgan fingerprint density at radius 1 is 0.875 bits per heavy atom. The van der Waals surface area contributed by atoms with Gasteiger partial charge >= 0.3 is 0 Å². The molecular weight excluding hydrogens is 196 g/mol. The van der Waals surface area contributed by atoms with Gasteiger partial charge in [-0.1, -0.05) is 40.5 Å². The number of hydrogen-bond donors (Lipinski definition) is 2. The molecule has 0 aromatic carbocycles. The van der Waals surface area contributed by atoms with Gasteiger partial charge in [0.25, 0.3) is 0 Å². The quantitative estimate of drug-likeness (QED) is 0.595. The third kappa shape index (κ3) is 8.12. The van der Waals surface area contributed by atoms with E-state index in [0.29, 0.717) is 11.8 Å². The van der Waals surface area contributed by atoms with Gasteiger partial charge in [-0.25, -0.2) is 0 Å². The highest BCUT2D eigenvalue weighted by Crippen LogP contribution is 2.27. The first-order valence-corrected chi connectivity index (χ1v) is 6.88. The van der Waals surface area contributed by atoms with Gasteiger partial charge in [-0.3, -0.25) is 0 Å². The zero-order chi connectivity index (χ0) is 12.6. The van der Waals surface area contributed by atoms with Gasteiger partial charge in [-0.2, -0.15) is 0 Å². The van der Waals surface area contributed by atoms with Crippen molar-refractivity contribution < 1.29 is 0 Å². The lowest BCUT2D eigenvalue weighted by atomic mass is 9.79. The van der Waals surface area contributed by atoms with Crippen LogP contribution < -0.4 is 11.5 Å². The van der Waals surface area contributed by atoms with Crippen molar-refractivity contribution in [3.63, 3.8) is 0 Å². The van der Waals surface area contributed by atoms with E-state index in [4.69, 9.17) is 11.5 Å². The summed E-state index contributed by atoms with van der Waals surface area (Å²) < 4.78 is 0. The third-order valence-corrected chi connectivity index (χ3v) is 3.01. The van der Waals surface area contributed by atoms with Crippen molar-refractivity contribution in [2.45, 2.75) is 71.8 Å². The van der Waals surface area contributed by atoms with Gasteiger partial charge in [0.1, 0.15) is 0 Å². The van der Waals surface area contributed by atoms with Gasteiger partial charge in [0.05, 0.1) is 0 Å². The van der Waals surface area contributed by atoms with Crippen LogP contribution in [0, 0.1) is 11.8 Å². The van der Waals surface area contributed by atoms with Crippen molar-refractivity contribution in [2.24, 2.45) is 23.3 Å². The van der Waals surface area contributed by atoms with Crippen LogP contribution in [0.5, 0.6) is 0 Å². The first kappa shape index (κ1) is 15.9. The van der Waals surface area contributed by atoms with E-state index in [1.54, 1.807) is 0 Å². The maximum Gasteiger partial charge on any atom is 0.0159 e. The van der Waals surface area contributed by atoms with Gasteiger partial charge < -0.3 is 11.5 Å². The summed E-state index contributed by atoms with van der Waals surface area (Å²) in [5.74, 6) is 1.39. The predicted molar refractivity (Wildman–Crippen MR) is 73.4 cm³/mol. The maximum atomic E-state index is 6.55. The molecule has 16 heavy (non-hydrogen) atoms. The van der Waals surface area contributed by atoms with Crippen LogP contribution in [-0.2, 0) is 0 Å². The van der Waals surface area contributed by atoms with Crippen molar-refractivity contribution in [3.8, 4) is 0 Å². The minimum atomic E-state index is 0.0525. The number of rotatable bonds is 9. The molecule has 2 nitrogen and oxygen atoms in total. The van der Waals surface area contributed by atoms with E-state index in [9.17, 15) is 0 Å². The number of nitrogens with two attached hydrogens (primary N) is 2. The summed E-state index contributed by atoms with van der Waals surface area (Å²) in [7, 11) is 0. The fourth-order valence-corrected chi connectivity index (χ4v) is 2.71. The van der Waals surface area contributed by atoms with Gasteiger partial charge in [-0.15, -0.1) is 0 Å². The molecular formula is C14H32N2. The fraction of sp³-hybridized carbons (Fsp3) is 1.00. The second-order valence-corrected chi connectivity index (χ2v) is 6.16. The molecule has 98 valence electrons. The molecule has 2 heteroatoms. The van der Waals surface area contributed by atoms with Crippen LogP contribution in [-0.4, -0.2) is 12.1 Å². The zero-order valence-corrected chi connectivity index (χ0v) is 11.8. The molecule has 0 rings (SSSR count). The Morgan fingerprint density at radius 3 is 1.75 bits per heavy atom. The highest BCUT2D eigenvalue weighted by Gasteiger charge is 2.26. The lowest BCUT2D eigenvalue weighted by Crippen LogP contribution is -2.42. The largest absolute Gasteiger partial charge is 0.330 e. The van der Waals surface area contributed by atoms with Gasteiger partial charge in [0.2, 0.25) is 0 Å². The molecule has 0 spiro atoms. The Labute approximate surface area is 102 Å². The van der Waals surface area contributed by atoms with Crippen LogP contribution in [0.25, 0.3) is 0 Å². The van der Waals surface area contributed by atoms with Crippen molar-refractivity contribution in [1.82, 2.24) is 0 Å². The highest BCUT2D eigenvalue weighted by atomic mass is 14.7. The molecule has 0 radical (unpaired) electrons. The second-order valence-electron chi connectivity index (χ2n) is 6.16. The van der Waals surface area contributed by atoms with Gasteiger partial charge in [0, 0.05) is 5.54 Å². The van der Waals surface area contributed by atoms with E-state index in [1.165, 1.54) is 12.8 Å². The molecule has 0 aliphatic carbocycles. The third-order valence-electron chi connectivity index (χ3n) is 3.01. The Kier molecular flexibility index (Phi) is 8.04. The van der Waals surface area contributed by atoms with Crippen LogP contribution in [0.15, 0.2) is 0 Å². The van der Waals surface area contributed by atoms with E-state index in [-0.39, 0.29) is 5.54 Å². The molecule has 0 aliphatic heterocycles. The molecule has 0 heterocycles. The van der Waals surface area contributed by atoms with E-state index in [0.717, 1.165) is 32.2 Å². The summed E-state index contributed by atoms with van der Waals surface area (Å²) in [5, 5.41) is 0. The SMILES string of the molecule is CC(C)CC(N)(CCCCCN)CC(C)C. The molecule has 0 fully saturated rings. The molecule has 0 aromatic heterocycles. The van der Waals surface area contributed by atoms with Gasteiger partial charge in [-0.05, 0) is 44.1 Å². The molecule has 0 unspecified atom stereocenters. The topological polar surface area (TPSA) is 52.0 Å². The first-order valence-electron chi connectivity index (χ1n) is 6.88.